The molecule has 92 valence electrons. The van der Waals surface area contributed by atoms with Gasteiger partial charge in [-0.05, 0) is 47.0 Å². The highest BCUT2D eigenvalue weighted by atomic mass is 16.2. The summed E-state index contributed by atoms with van der Waals surface area (Å²) in [5.41, 5.74) is -0.355. The first-order valence-corrected chi connectivity index (χ1v) is 5.94. The summed E-state index contributed by atoms with van der Waals surface area (Å²) >= 11 is 0. The van der Waals surface area contributed by atoms with E-state index in [1.165, 1.54) is 0 Å². The first-order valence-electron chi connectivity index (χ1n) is 5.94. The highest BCUT2D eigenvalue weighted by Gasteiger charge is 2.29. The zero-order valence-electron chi connectivity index (χ0n) is 10.7. The number of rotatable bonds is 0. The summed E-state index contributed by atoms with van der Waals surface area (Å²) in [6.45, 7) is 8.33. The summed E-state index contributed by atoms with van der Waals surface area (Å²) in [5, 5.41) is 2.71. The first kappa shape index (κ1) is 13.0. The zero-order valence-corrected chi connectivity index (χ0v) is 10.7. The predicted molar refractivity (Wildman–Crippen MR) is 62.9 cm³/mol. The van der Waals surface area contributed by atoms with E-state index < -0.39 is 5.91 Å². The highest BCUT2D eigenvalue weighted by Crippen LogP contribution is 2.16. The van der Waals surface area contributed by atoms with Crippen LogP contribution in [0.2, 0.25) is 0 Å². The molecule has 1 fully saturated rings. The van der Waals surface area contributed by atoms with E-state index in [0.29, 0.717) is 6.54 Å². The molecule has 0 bridgehead atoms. The van der Waals surface area contributed by atoms with Gasteiger partial charge in [0.1, 0.15) is 0 Å². The van der Waals surface area contributed by atoms with Gasteiger partial charge in [-0.1, -0.05) is 0 Å². The number of hydrogen-bond acceptors (Lipinski definition) is 2. The van der Waals surface area contributed by atoms with E-state index in [2.05, 4.69) is 5.32 Å². The van der Waals surface area contributed by atoms with Crippen LogP contribution in [0.3, 0.4) is 0 Å². The third kappa shape index (κ3) is 3.51. The molecular formula is C12H22N2O2. The second-order valence-corrected chi connectivity index (χ2v) is 5.55. The third-order valence-electron chi connectivity index (χ3n) is 2.75. The van der Waals surface area contributed by atoms with Crippen LogP contribution in [0, 0.1) is 0 Å². The lowest BCUT2D eigenvalue weighted by molar-refractivity contribution is -0.148. The van der Waals surface area contributed by atoms with E-state index in [9.17, 15) is 9.59 Å². The van der Waals surface area contributed by atoms with Gasteiger partial charge in [0.25, 0.3) is 0 Å². The van der Waals surface area contributed by atoms with Crippen LogP contribution in [0.15, 0.2) is 0 Å². The molecule has 4 heteroatoms. The van der Waals surface area contributed by atoms with Gasteiger partial charge in [-0.25, -0.2) is 0 Å². The summed E-state index contributed by atoms with van der Waals surface area (Å²) in [4.78, 5) is 25.3. The molecule has 0 aliphatic carbocycles. The molecule has 16 heavy (non-hydrogen) atoms. The Bertz CT molecular complexity index is 281. The summed E-state index contributed by atoms with van der Waals surface area (Å²) in [7, 11) is 0. The van der Waals surface area contributed by atoms with Crippen LogP contribution in [0.25, 0.3) is 0 Å². The van der Waals surface area contributed by atoms with Gasteiger partial charge in [-0.2, -0.15) is 0 Å². The van der Waals surface area contributed by atoms with Gasteiger partial charge < -0.3 is 10.2 Å². The molecular weight excluding hydrogens is 204 g/mol. The monoisotopic (exact) mass is 226 g/mol. The molecule has 0 spiro atoms. The van der Waals surface area contributed by atoms with Crippen molar-refractivity contribution in [1.29, 1.82) is 0 Å². The van der Waals surface area contributed by atoms with Crippen molar-refractivity contribution in [2.75, 3.05) is 6.54 Å². The molecule has 0 aromatic carbocycles. The molecule has 1 unspecified atom stereocenters. The number of likely N-dealkylation sites (tertiary alicyclic amines) is 1. The average Bonchev–Trinajstić information content (AvgIpc) is 2.15. The maximum Gasteiger partial charge on any atom is 0.312 e. The minimum atomic E-state index is -0.485. The van der Waals surface area contributed by atoms with Gasteiger partial charge in [-0.15, -0.1) is 0 Å². The van der Waals surface area contributed by atoms with Gasteiger partial charge in [0.05, 0.1) is 0 Å². The molecule has 0 aromatic rings. The standard InChI is InChI=1S/C12H22N2O2/c1-9-7-5-6-8-14(9)11(16)10(15)13-12(2,3)4/h9H,5-8H2,1-4H3,(H,13,15). The number of nitrogens with one attached hydrogen (secondary N) is 1. The molecule has 1 atom stereocenters. The van der Waals surface area contributed by atoms with Crippen LogP contribution < -0.4 is 5.32 Å². The van der Waals surface area contributed by atoms with Gasteiger partial charge in [0, 0.05) is 18.1 Å². The average molecular weight is 226 g/mol. The number of carbonyl (C=O) groups is 2. The zero-order chi connectivity index (χ0) is 12.3. The van der Waals surface area contributed by atoms with Gasteiger partial charge in [-0.3, -0.25) is 9.59 Å². The summed E-state index contributed by atoms with van der Waals surface area (Å²) in [6.07, 6.45) is 3.14. The fourth-order valence-electron chi connectivity index (χ4n) is 1.92. The normalized spacial score (nSPS) is 21.8. The van der Waals surface area contributed by atoms with Crippen molar-refractivity contribution in [3.05, 3.63) is 0 Å². The second-order valence-electron chi connectivity index (χ2n) is 5.55. The Balaban J connectivity index is 2.59. The predicted octanol–water partition coefficient (Wildman–Crippen LogP) is 1.30. The Kier molecular flexibility index (Phi) is 3.94. The topological polar surface area (TPSA) is 49.4 Å². The number of nitrogens with zero attached hydrogens (tertiary/aromatic N) is 1. The number of hydrogen-bond donors (Lipinski definition) is 1. The van der Waals surface area contributed by atoms with Gasteiger partial charge >= 0.3 is 11.8 Å². The van der Waals surface area contributed by atoms with Crippen molar-refractivity contribution in [1.82, 2.24) is 10.2 Å². The Morgan fingerprint density at radius 3 is 2.38 bits per heavy atom. The largest absolute Gasteiger partial charge is 0.343 e. The molecule has 1 aliphatic rings. The third-order valence-corrected chi connectivity index (χ3v) is 2.75. The number of amides is 2. The van der Waals surface area contributed by atoms with E-state index in [1.807, 2.05) is 27.7 Å². The highest BCUT2D eigenvalue weighted by molar-refractivity contribution is 6.35. The molecule has 1 saturated heterocycles. The Hall–Kier alpha value is -1.06. The summed E-state index contributed by atoms with van der Waals surface area (Å²) in [6, 6.07) is 0.187. The quantitative estimate of drug-likeness (QED) is 0.633. The Morgan fingerprint density at radius 1 is 1.25 bits per heavy atom. The molecule has 2 amide bonds. The van der Waals surface area contributed by atoms with Crippen LogP contribution in [0.1, 0.15) is 47.0 Å². The fourth-order valence-corrected chi connectivity index (χ4v) is 1.92. The number of piperidine rings is 1. The summed E-state index contributed by atoms with van der Waals surface area (Å²) < 4.78 is 0. The summed E-state index contributed by atoms with van der Waals surface area (Å²) in [5.74, 6) is -0.872. The second kappa shape index (κ2) is 4.85. The minimum absolute atomic E-state index is 0.187. The van der Waals surface area contributed by atoms with Gasteiger partial charge in [0.15, 0.2) is 0 Å². The number of carbonyl (C=O) groups excluding carboxylic acids is 2. The first-order chi connectivity index (χ1) is 7.31. The van der Waals surface area contributed by atoms with Crippen LogP contribution in [0.4, 0.5) is 0 Å². The van der Waals surface area contributed by atoms with Crippen molar-refractivity contribution in [2.45, 2.75) is 58.5 Å². The van der Waals surface area contributed by atoms with Crippen LogP contribution in [-0.2, 0) is 9.59 Å². The maximum atomic E-state index is 11.9. The lowest BCUT2D eigenvalue weighted by Gasteiger charge is -2.33. The molecule has 0 radical (unpaired) electrons. The van der Waals surface area contributed by atoms with Crippen LogP contribution in [-0.4, -0.2) is 34.8 Å². The van der Waals surface area contributed by atoms with Crippen molar-refractivity contribution in [3.63, 3.8) is 0 Å². The van der Waals surface area contributed by atoms with E-state index in [-0.39, 0.29) is 17.5 Å². The molecule has 0 aromatic heterocycles. The van der Waals surface area contributed by atoms with E-state index in [0.717, 1.165) is 19.3 Å². The van der Waals surface area contributed by atoms with Crippen molar-refractivity contribution in [3.8, 4) is 0 Å². The van der Waals surface area contributed by atoms with Crippen molar-refractivity contribution >= 4 is 11.8 Å². The van der Waals surface area contributed by atoms with Gasteiger partial charge in [0.2, 0.25) is 0 Å². The minimum Gasteiger partial charge on any atom is -0.343 e. The molecule has 0 saturated carbocycles. The van der Waals surface area contributed by atoms with E-state index in [4.69, 9.17) is 0 Å². The molecule has 1 rings (SSSR count). The maximum absolute atomic E-state index is 11.9. The van der Waals surface area contributed by atoms with Crippen LogP contribution in [0.5, 0.6) is 0 Å². The lowest BCUT2D eigenvalue weighted by atomic mass is 10.0. The fraction of sp³-hybridized carbons (Fsp3) is 0.833. The lowest BCUT2D eigenvalue weighted by Crippen LogP contribution is -2.52. The van der Waals surface area contributed by atoms with Crippen molar-refractivity contribution < 1.29 is 9.59 Å². The van der Waals surface area contributed by atoms with Crippen molar-refractivity contribution in [2.24, 2.45) is 0 Å². The Labute approximate surface area is 97.4 Å². The Morgan fingerprint density at radius 2 is 1.88 bits per heavy atom. The SMILES string of the molecule is CC1CCCCN1C(=O)C(=O)NC(C)(C)C. The van der Waals surface area contributed by atoms with E-state index >= 15 is 0 Å². The van der Waals surface area contributed by atoms with Crippen LogP contribution >= 0.6 is 0 Å². The molecule has 1 aliphatic heterocycles. The molecule has 1 N–H and O–H groups in total. The molecule has 4 nitrogen and oxygen atoms in total. The van der Waals surface area contributed by atoms with E-state index in [1.54, 1.807) is 4.90 Å². The molecule has 1 heterocycles. The smallest absolute Gasteiger partial charge is 0.312 e.